The van der Waals surface area contributed by atoms with E-state index in [0.29, 0.717) is 15.7 Å². The van der Waals surface area contributed by atoms with E-state index < -0.39 is 10.0 Å². The quantitative estimate of drug-likeness (QED) is 0.850. The maximum Gasteiger partial charge on any atom is 0.252 e. The fourth-order valence-corrected chi connectivity index (χ4v) is 4.29. The number of thiophene rings is 1. The van der Waals surface area contributed by atoms with Crippen molar-refractivity contribution in [3.8, 4) is 0 Å². The van der Waals surface area contributed by atoms with E-state index in [4.69, 9.17) is 4.52 Å². The minimum atomic E-state index is -3.45. The molecular formula is C12H16N2O3S2. The van der Waals surface area contributed by atoms with Gasteiger partial charge in [-0.25, -0.2) is 8.42 Å². The lowest BCUT2D eigenvalue weighted by Gasteiger charge is -2.14. The van der Waals surface area contributed by atoms with Crippen molar-refractivity contribution in [1.29, 1.82) is 0 Å². The van der Waals surface area contributed by atoms with Crippen LogP contribution in [0.4, 0.5) is 0 Å². The summed E-state index contributed by atoms with van der Waals surface area (Å²) in [7, 11) is -1.90. The minimum Gasteiger partial charge on any atom is -0.361 e. The van der Waals surface area contributed by atoms with Gasteiger partial charge in [-0.15, -0.1) is 11.3 Å². The zero-order valence-corrected chi connectivity index (χ0v) is 12.7. The van der Waals surface area contributed by atoms with E-state index in [-0.39, 0.29) is 6.54 Å². The molecule has 0 spiro atoms. The molecule has 2 rings (SSSR count). The van der Waals surface area contributed by atoms with Gasteiger partial charge in [0.2, 0.25) is 0 Å². The molecule has 0 aliphatic heterocycles. The van der Waals surface area contributed by atoms with Crippen molar-refractivity contribution >= 4 is 21.4 Å². The highest BCUT2D eigenvalue weighted by Crippen LogP contribution is 2.25. The molecule has 0 unspecified atom stereocenters. The van der Waals surface area contributed by atoms with Crippen LogP contribution in [-0.2, 0) is 23.0 Å². The van der Waals surface area contributed by atoms with Crippen LogP contribution in [0.3, 0.4) is 0 Å². The Bertz CT molecular complexity index is 658. The Morgan fingerprint density at radius 1 is 1.42 bits per heavy atom. The van der Waals surface area contributed by atoms with E-state index in [1.54, 1.807) is 26.1 Å². The van der Waals surface area contributed by atoms with E-state index >= 15 is 0 Å². The Labute approximate surface area is 116 Å². The molecule has 0 aromatic carbocycles. The summed E-state index contributed by atoms with van der Waals surface area (Å²) in [5.41, 5.74) is 0.607. The zero-order chi connectivity index (χ0) is 14.0. The minimum absolute atomic E-state index is 0.207. The molecule has 0 fully saturated rings. The van der Waals surface area contributed by atoms with Crippen molar-refractivity contribution in [2.75, 3.05) is 7.05 Å². The summed E-state index contributed by atoms with van der Waals surface area (Å²) in [4.78, 5) is 1.06. The van der Waals surface area contributed by atoms with Gasteiger partial charge in [-0.05, 0) is 25.5 Å². The van der Waals surface area contributed by atoms with Crippen molar-refractivity contribution in [3.05, 3.63) is 34.5 Å². The summed E-state index contributed by atoms with van der Waals surface area (Å²) in [5, 5.41) is 3.81. The summed E-state index contributed by atoms with van der Waals surface area (Å²) in [6.07, 6.45) is 0.840. The van der Waals surface area contributed by atoms with Crippen molar-refractivity contribution in [1.82, 2.24) is 9.46 Å². The second-order valence-corrected chi connectivity index (χ2v) is 7.70. The molecule has 0 saturated heterocycles. The average Bonchev–Trinajstić information content (AvgIpc) is 2.98. The second-order valence-electron chi connectivity index (χ2n) is 4.26. The fraction of sp³-hybridized carbons (Fsp3) is 0.417. The van der Waals surface area contributed by atoms with Gasteiger partial charge in [0.15, 0.2) is 0 Å². The molecule has 104 valence electrons. The Morgan fingerprint density at radius 2 is 2.16 bits per heavy atom. The Kier molecular flexibility index (Phi) is 4.07. The largest absolute Gasteiger partial charge is 0.361 e. The van der Waals surface area contributed by atoms with Crippen molar-refractivity contribution in [3.63, 3.8) is 0 Å². The smallest absolute Gasteiger partial charge is 0.252 e. The van der Waals surface area contributed by atoms with Gasteiger partial charge in [0, 0.05) is 18.0 Å². The van der Waals surface area contributed by atoms with Crippen molar-refractivity contribution < 1.29 is 12.9 Å². The lowest BCUT2D eigenvalue weighted by molar-refractivity contribution is 0.378. The van der Waals surface area contributed by atoms with Crippen LogP contribution >= 0.6 is 11.3 Å². The molecule has 0 atom stereocenters. The molecule has 0 amide bonds. The van der Waals surface area contributed by atoms with Gasteiger partial charge in [0.1, 0.15) is 9.97 Å². The SMILES string of the molecule is CCc1ccc(S(=O)(=O)N(C)Cc2cc(C)on2)s1. The lowest BCUT2D eigenvalue weighted by atomic mass is 10.4. The third-order valence-corrected chi connectivity index (χ3v) is 6.21. The van der Waals surface area contributed by atoms with E-state index in [2.05, 4.69) is 5.16 Å². The topological polar surface area (TPSA) is 63.4 Å². The number of nitrogens with zero attached hydrogens (tertiary/aromatic N) is 2. The molecule has 0 saturated carbocycles. The molecule has 2 aromatic heterocycles. The monoisotopic (exact) mass is 300 g/mol. The maximum atomic E-state index is 12.4. The summed E-state index contributed by atoms with van der Waals surface area (Å²) in [6, 6.07) is 5.24. The Hall–Kier alpha value is -1.18. The molecule has 0 bridgehead atoms. The van der Waals surface area contributed by atoms with E-state index in [0.717, 1.165) is 11.3 Å². The van der Waals surface area contributed by atoms with Gasteiger partial charge in [0.25, 0.3) is 10.0 Å². The van der Waals surface area contributed by atoms with Gasteiger partial charge < -0.3 is 4.52 Å². The summed E-state index contributed by atoms with van der Waals surface area (Å²) in [6.45, 7) is 3.99. The van der Waals surface area contributed by atoms with Gasteiger partial charge in [0.05, 0.1) is 12.2 Å². The predicted molar refractivity (Wildman–Crippen MR) is 73.6 cm³/mol. The van der Waals surface area contributed by atoms with Crippen LogP contribution in [-0.4, -0.2) is 24.9 Å². The van der Waals surface area contributed by atoms with Gasteiger partial charge in [-0.3, -0.25) is 0 Å². The van der Waals surface area contributed by atoms with E-state index in [9.17, 15) is 8.42 Å². The van der Waals surface area contributed by atoms with Crippen LogP contribution in [0.1, 0.15) is 23.3 Å². The first-order chi connectivity index (χ1) is 8.93. The standard InChI is InChI=1S/C12H16N2O3S2/c1-4-11-5-6-12(18-11)19(15,16)14(3)8-10-7-9(2)17-13-10/h5-7H,4,8H2,1-3H3. The van der Waals surface area contributed by atoms with Crippen LogP contribution in [0.5, 0.6) is 0 Å². The third kappa shape index (κ3) is 3.05. The summed E-state index contributed by atoms with van der Waals surface area (Å²) in [5.74, 6) is 0.671. The highest BCUT2D eigenvalue weighted by atomic mass is 32.2. The van der Waals surface area contributed by atoms with Gasteiger partial charge >= 0.3 is 0 Å². The number of hydrogen-bond donors (Lipinski definition) is 0. The lowest BCUT2D eigenvalue weighted by Crippen LogP contribution is -2.25. The van der Waals surface area contributed by atoms with E-state index in [1.807, 2.05) is 13.0 Å². The Morgan fingerprint density at radius 3 is 2.68 bits per heavy atom. The molecule has 2 aromatic rings. The first-order valence-electron chi connectivity index (χ1n) is 5.90. The first kappa shape index (κ1) is 14.2. The molecule has 0 aliphatic carbocycles. The van der Waals surface area contributed by atoms with Gasteiger partial charge in [-0.1, -0.05) is 12.1 Å². The molecular weight excluding hydrogens is 284 g/mol. The van der Waals surface area contributed by atoms with Crippen LogP contribution in [0.2, 0.25) is 0 Å². The van der Waals surface area contributed by atoms with Crippen molar-refractivity contribution in [2.45, 2.75) is 31.0 Å². The van der Waals surface area contributed by atoms with E-state index in [1.165, 1.54) is 15.6 Å². The highest BCUT2D eigenvalue weighted by molar-refractivity contribution is 7.91. The molecule has 0 aliphatic rings. The number of aromatic nitrogens is 1. The van der Waals surface area contributed by atoms with Crippen LogP contribution in [0.15, 0.2) is 26.9 Å². The zero-order valence-electron chi connectivity index (χ0n) is 11.1. The number of sulfonamides is 1. The van der Waals surface area contributed by atoms with Crippen molar-refractivity contribution in [2.24, 2.45) is 0 Å². The number of hydrogen-bond acceptors (Lipinski definition) is 5. The molecule has 0 N–H and O–H groups in total. The molecule has 5 nitrogen and oxygen atoms in total. The summed E-state index contributed by atoms with van der Waals surface area (Å²) >= 11 is 1.31. The van der Waals surface area contributed by atoms with Crippen LogP contribution in [0.25, 0.3) is 0 Å². The van der Waals surface area contributed by atoms with Crippen LogP contribution in [0, 0.1) is 6.92 Å². The normalized spacial score (nSPS) is 12.2. The summed E-state index contributed by atoms with van der Waals surface area (Å²) < 4.78 is 31.3. The molecule has 19 heavy (non-hydrogen) atoms. The second kappa shape index (κ2) is 5.44. The first-order valence-corrected chi connectivity index (χ1v) is 8.16. The Balaban J connectivity index is 2.19. The third-order valence-electron chi connectivity index (χ3n) is 2.71. The highest BCUT2D eigenvalue weighted by Gasteiger charge is 2.23. The maximum absolute atomic E-state index is 12.4. The van der Waals surface area contributed by atoms with Gasteiger partial charge in [-0.2, -0.15) is 4.31 Å². The molecule has 0 radical (unpaired) electrons. The molecule has 2 heterocycles. The number of rotatable bonds is 5. The fourth-order valence-electron chi connectivity index (χ4n) is 1.65. The number of aryl methyl sites for hydroxylation is 2. The predicted octanol–water partition coefficient (Wildman–Crippen LogP) is 2.43. The molecule has 7 heteroatoms. The average molecular weight is 300 g/mol. The van der Waals surface area contributed by atoms with Crippen LogP contribution < -0.4 is 0 Å².